The van der Waals surface area contributed by atoms with Crippen LogP contribution in [0.3, 0.4) is 0 Å². The van der Waals surface area contributed by atoms with E-state index in [1.807, 2.05) is 0 Å². The summed E-state index contributed by atoms with van der Waals surface area (Å²) in [7, 11) is 4.18. The molecule has 1 atom stereocenters. The highest BCUT2D eigenvalue weighted by atomic mass is 16.5. The van der Waals surface area contributed by atoms with E-state index in [1.165, 1.54) is 11.1 Å². The number of benzene rings is 1. The highest BCUT2D eigenvalue weighted by Crippen LogP contribution is 2.35. The topological polar surface area (TPSA) is 12.5 Å². The van der Waals surface area contributed by atoms with Crippen LogP contribution in [0, 0.1) is 6.92 Å². The Hall–Kier alpha value is -1.02. The molecule has 1 aliphatic heterocycles. The molecule has 1 aromatic rings. The molecular formula is C11H15NO. The number of hydrogen-bond donors (Lipinski definition) is 0. The van der Waals surface area contributed by atoms with Gasteiger partial charge in [0.25, 0.3) is 0 Å². The zero-order chi connectivity index (χ0) is 9.42. The van der Waals surface area contributed by atoms with Gasteiger partial charge in [0.1, 0.15) is 12.4 Å². The molecule has 2 heteroatoms. The second-order valence-corrected chi connectivity index (χ2v) is 3.83. The Labute approximate surface area is 79.1 Å². The van der Waals surface area contributed by atoms with Gasteiger partial charge in [-0.2, -0.15) is 0 Å². The fourth-order valence-electron chi connectivity index (χ4n) is 1.75. The van der Waals surface area contributed by atoms with Crippen molar-refractivity contribution in [3.8, 4) is 5.75 Å². The molecule has 0 aromatic heterocycles. The smallest absolute Gasteiger partial charge is 0.124 e. The second-order valence-electron chi connectivity index (χ2n) is 3.83. The molecule has 13 heavy (non-hydrogen) atoms. The predicted molar refractivity (Wildman–Crippen MR) is 53.1 cm³/mol. The normalized spacial score (nSPS) is 20.2. The van der Waals surface area contributed by atoms with Crippen molar-refractivity contribution in [2.75, 3.05) is 20.7 Å². The monoisotopic (exact) mass is 177 g/mol. The summed E-state index contributed by atoms with van der Waals surface area (Å²) in [5.74, 6) is 1.05. The van der Waals surface area contributed by atoms with Crippen molar-refractivity contribution in [3.63, 3.8) is 0 Å². The molecule has 70 valence electrons. The van der Waals surface area contributed by atoms with Crippen LogP contribution in [0.4, 0.5) is 0 Å². The van der Waals surface area contributed by atoms with Gasteiger partial charge in [0.2, 0.25) is 0 Å². The summed E-state index contributed by atoms with van der Waals surface area (Å²) in [4.78, 5) is 2.20. The first-order valence-corrected chi connectivity index (χ1v) is 4.58. The lowest BCUT2D eigenvalue weighted by atomic mass is 10.1. The first-order valence-electron chi connectivity index (χ1n) is 4.58. The van der Waals surface area contributed by atoms with E-state index >= 15 is 0 Å². The van der Waals surface area contributed by atoms with Crippen LogP contribution in [0.25, 0.3) is 0 Å². The van der Waals surface area contributed by atoms with Crippen molar-refractivity contribution in [3.05, 3.63) is 29.3 Å². The van der Waals surface area contributed by atoms with E-state index in [9.17, 15) is 0 Å². The van der Waals surface area contributed by atoms with Crippen LogP contribution < -0.4 is 4.74 Å². The van der Waals surface area contributed by atoms with Gasteiger partial charge in [-0.05, 0) is 27.1 Å². The minimum absolute atomic E-state index is 0.426. The SMILES string of the molecule is Cc1ccc2c(c1)[C@H](N(C)C)CO2. The van der Waals surface area contributed by atoms with Crippen molar-refractivity contribution >= 4 is 0 Å². The molecule has 0 unspecified atom stereocenters. The van der Waals surface area contributed by atoms with E-state index in [0.717, 1.165) is 12.4 Å². The minimum Gasteiger partial charge on any atom is -0.491 e. The molecule has 1 aromatic carbocycles. The lowest BCUT2D eigenvalue weighted by molar-refractivity contribution is 0.227. The third-order valence-corrected chi connectivity index (χ3v) is 2.54. The summed E-state index contributed by atoms with van der Waals surface area (Å²) in [5.41, 5.74) is 2.63. The van der Waals surface area contributed by atoms with Gasteiger partial charge in [-0.25, -0.2) is 0 Å². The predicted octanol–water partition coefficient (Wildman–Crippen LogP) is 1.99. The Kier molecular flexibility index (Phi) is 2.00. The number of fused-ring (bicyclic) bond motifs is 1. The van der Waals surface area contributed by atoms with Gasteiger partial charge in [0.15, 0.2) is 0 Å². The average molecular weight is 177 g/mol. The van der Waals surface area contributed by atoms with Crippen LogP contribution in [-0.4, -0.2) is 25.6 Å². The van der Waals surface area contributed by atoms with E-state index in [2.05, 4.69) is 44.1 Å². The summed E-state index contributed by atoms with van der Waals surface area (Å²) < 4.78 is 5.59. The van der Waals surface area contributed by atoms with Crippen molar-refractivity contribution in [1.82, 2.24) is 4.90 Å². The van der Waals surface area contributed by atoms with Crippen LogP contribution in [0.1, 0.15) is 17.2 Å². The molecule has 2 nitrogen and oxygen atoms in total. The van der Waals surface area contributed by atoms with Crippen molar-refractivity contribution in [1.29, 1.82) is 0 Å². The van der Waals surface area contributed by atoms with Crippen LogP contribution in [0.2, 0.25) is 0 Å². The highest BCUT2D eigenvalue weighted by molar-refractivity contribution is 5.41. The third kappa shape index (κ3) is 1.42. The van der Waals surface area contributed by atoms with Gasteiger partial charge in [-0.1, -0.05) is 17.7 Å². The van der Waals surface area contributed by atoms with Gasteiger partial charge in [0.05, 0.1) is 6.04 Å². The first-order chi connectivity index (χ1) is 6.18. The molecule has 1 heterocycles. The molecule has 0 aliphatic carbocycles. The standard InChI is InChI=1S/C11H15NO/c1-8-4-5-11-9(6-8)10(7-13-11)12(2)3/h4-6,10H,7H2,1-3H3/t10-/m1/s1. The number of likely N-dealkylation sites (N-methyl/N-ethyl adjacent to an activating group) is 1. The van der Waals surface area contributed by atoms with Gasteiger partial charge in [0, 0.05) is 5.56 Å². The van der Waals surface area contributed by atoms with Gasteiger partial charge in [-0.15, -0.1) is 0 Å². The average Bonchev–Trinajstić information content (AvgIpc) is 2.46. The lowest BCUT2D eigenvalue weighted by Gasteiger charge is -2.17. The molecule has 0 N–H and O–H groups in total. The summed E-state index contributed by atoms with van der Waals surface area (Å²) >= 11 is 0. The molecule has 2 rings (SSSR count). The number of nitrogens with zero attached hydrogens (tertiary/aromatic N) is 1. The molecular weight excluding hydrogens is 162 g/mol. The number of hydrogen-bond acceptors (Lipinski definition) is 2. The quantitative estimate of drug-likeness (QED) is 0.650. The summed E-state index contributed by atoms with van der Waals surface area (Å²) in [6.07, 6.45) is 0. The molecule has 0 fully saturated rings. The Morgan fingerprint density at radius 1 is 1.38 bits per heavy atom. The Morgan fingerprint density at radius 3 is 2.85 bits per heavy atom. The summed E-state index contributed by atoms with van der Waals surface area (Å²) in [6, 6.07) is 6.80. The zero-order valence-corrected chi connectivity index (χ0v) is 8.37. The van der Waals surface area contributed by atoms with E-state index in [0.29, 0.717) is 6.04 Å². The maximum absolute atomic E-state index is 5.59. The van der Waals surface area contributed by atoms with E-state index < -0.39 is 0 Å². The fourth-order valence-corrected chi connectivity index (χ4v) is 1.75. The number of ether oxygens (including phenoxy) is 1. The molecule has 0 spiro atoms. The maximum Gasteiger partial charge on any atom is 0.124 e. The van der Waals surface area contributed by atoms with Crippen LogP contribution in [0.15, 0.2) is 18.2 Å². The molecule has 1 aliphatic rings. The molecule has 0 saturated heterocycles. The van der Waals surface area contributed by atoms with Crippen molar-refractivity contribution in [2.24, 2.45) is 0 Å². The second kappa shape index (κ2) is 3.04. The van der Waals surface area contributed by atoms with Crippen LogP contribution in [-0.2, 0) is 0 Å². The zero-order valence-electron chi connectivity index (χ0n) is 8.37. The summed E-state index contributed by atoms with van der Waals surface area (Å²) in [5, 5.41) is 0. The molecule has 0 amide bonds. The van der Waals surface area contributed by atoms with E-state index in [4.69, 9.17) is 4.74 Å². The Bertz CT molecular complexity index is 320. The van der Waals surface area contributed by atoms with Crippen LogP contribution >= 0.6 is 0 Å². The molecule has 0 saturated carbocycles. The number of aryl methyl sites for hydroxylation is 1. The fraction of sp³-hybridized carbons (Fsp3) is 0.455. The van der Waals surface area contributed by atoms with Crippen LogP contribution in [0.5, 0.6) is 5.75 Å². The largest absolute Gasteiger partial charge is 0.491 e. The first kappa shape index (κ1) is 8.57. The van der Waals surface area contributed by atoms with Crippen molar-refractivity contribution < 1.29 is 4.74 Å². The minimum atomic E-state index is 0.426. The highest BCUT2D eigenvalue weighted by Gasteiger charge is 2.25. The Morgan fingerprint density at radius 2 is 2.15 bits per heavy atom. The van der Waals surface area contributed by atoms with Gasteiger partial charge in [-0.3, -0.25) is 4.90 Å². The van der Waals surface area contributed by atoms with Crippen molar-refractivity contribution in [2.45, 2.75) is 13.0 Å². The molecule has 0 radical (unpaired) electrons. The maximum atomic E-state index is 5.59. The lowest BCUT2D eigenvalue weighted by Crippen LogP contribution is -2.20. The van der Waals surface area contributed by atoms with E-state index in [1.54, 1.807) is 0 Å². The molecule has 0 bridgehead atoms. The number of rotatable bonds is 1. The van der Waals surface area contributed by atoms with E-state index in [-0.39, 0.29) is 0 Å². The summed E-state index contributed by atoms with van der Waals surface area (Å²) in [6.45, 7) is 2.90. The Balaban J connectivity index is 2.40. The van der Waals surface area contributed by atoms with Gasteiger partial charge < -0.3 is 4.74 Å². The third-order valence-electron chi connectivity index (χ3n) is 2.54. The van der Waals surface area contributed by atoms with Gasteiger partial charge >= 0.3 is 0 Å².